The van der Waals surface area contributed by atoms with Crippen molar-refractivity contribution in [3.8, 4) is 0 Å². The fraction of sp³-hybridized carbons (Fsp3) is 0.583. The minimum Gasteiger partial charge on any atom is -0.389 e. The molecule has 0 aliphatic carbocycles. The molecule has 0 saturated carbocycles. The Morgan fingerprint density at radius 2 is 2.05 bits per heavy atom. The van der Waals surface area contributed by atoms with Crippen molar-refractivity contribution < 1.29 is 8.42 Å². The van der Waals surface area contributed by atoms with Crippen LogP contribution in [0.25, 0.3) is 0 Å². The van der Waals surface area contributed by atoms with Gasteiger partial charge in [0, 0.05) is 6.54 Å². The maximum atomic E-state index is 12.0. The highest BCUT2D eigenvalue weighted by atomic mass is 32.2. The second-order valence-electron chi connectivity index (χ2n) is 4.29. The van der Waals surface area contributed by atoms with Gasteiger partial charge in [-0.1, -0.05) is 25.1 Å². The third kappa shape index (κ3) is 6.09. The summed E-state index contributed by atoms with van der Waals surface area (Å²) in [5, 5.41) is 0. The molecule has 20 heavy (non-hydrogen) atoms. The summed E-state index contributed by atoms with van der Waals surface area (Å²) in [6, 6.07) is 3.18. The summed E-state index contributed by atoms with van der Waals surface area (Å²) in [4.78, 5) is 0.850. The molecule has 0 aliphatic rings. The molecule has 1 heterocycles. The van der Waals surface area contributed by atoms with Crippen LogP contribution >= 0.6 is 35.3 Å². The van der Waals surface area contributed by atoms with Crippen LogP contribution < -0.4 is 10.5 Å². The van der Waals surface area contributed by atoms with E-state index < -0.39 is 10.0 Å². The predicted molar refractivity (Wildman–Crippen MR) is 92.2 cm³/mol. The molecule has 114 valence electrons. The number of thioether (sulfide) groups is 1. The van der Waals surface area contributed by atoms with Gasteiger partial charge in [0.15, 0.2) is 0 Å². The molecule has 1 aromatic rings. The molecule has 4 nitrogen and oxygen atoms in total. The van der Waals surface area contributed by atoms with Gasteiger partial charge in [-0.05, 0) is 37.0 Å². The molecule has 0 unspecified atom stereocenters. The van der Waals surface area contributed by atoms with Crippen molar-refractivity contribution in [1.82, 2.24) is 4.72 Å². The number of thiocarbonyl (C=S) groups is 1. The molecule has 0 atom stereocenters. The van der Waals surface area contributed by atoms with Gasteiger partial charge < -0.3 is 5.73 Å². The van der Waals surface area contributed by atoms with Gasteiger partial charge in [0.2, 0.25) is 10.0 Å². The van der Waals surface area contributed by atoms with Crippen molar-refractivity contribution in [2.75, 3.05) is 18.6 Å². The monoisotopic (exact) mass is 352 g/mol. The fourth-order valence-corrected chi connectivity index (χ4v) is 4.56. The van der Waals surface area contributed by atoms with E-state index >= 15 is 0 Å². The molecule has 0 bridgehead atoms. The van der Waals surface area contributed by atoms with E-state index in [1.54, 1.807) is 12.1 Å². The Morgan fingerprint density at radius 1 is 1.35 bits per heavy atom. The number of nitrogens with one attached hydrogen (secondary N) is 1. The Bertz CT molecular complexity index is 525. The summed E-state index contributed by atoms with van der Waals surface area (Å²) in [6.07, 6.45) is 6.34. The lowest BCUT2D eigenvalue weighted by molar-refractivity contribution is 0.576. The minimum atomic E-state index is -3.42. The number of thiophene rings is 1. The summed E-state index contributed by atoms with van der Waals surface area (Å²) in [7, 11) is -3.42. The van der Waals surface area contributed by atoms with Gasteiger partial charge in [-0.3, -0.25) is 0 Å². The van der Waals surface area contributed by atoms with E-state index in [0.717, 1.165) is 30.6 Å². The first-order chi connectivity index (χ1) is 9.47. The van der Waals surface area contributed by atoms with E-state index in [1.165, 1.54) is 12.2 Å². The highest BCUT2D eigenvalue weighted by Gasteiger charge is 2.16. The SMILES string of the molecule is CSCCCCCCNS(=O)(=O)c1ccc(C(N)=S)s1. The molecule has 0 aromatic carbocycles. The van der Waals surface area contributed by atoms with E-state index in [-0.39, 0.29) is 9.20 Å². The van der Waals surface area contributed by atoms with Crippen LogP contribution in [0.3, 0.4) is 0 Å². The first-order valence-electron chi connectivity index (χ1n) is 6.35. The van der Waals surface area contributed by atoms with Crippen LogP contribution in [0.4, 0.5) is 0 Å². The van der Waals surface area contributed by atoms with E-state index in [9.17, 15) is 8.42 Å². The molecular weight excluding hydrogens is 332 g/mol. The minimum absolute atomic E-state index is 0.227. The topological polar surface area (TPSA) is 72.2 Å². The Balaban J connectivity index is 2.36. The van der Waals surface area contributed by atoms with E-state index in [0.29, 0.717) is 11.4 Å². The fourth-order valence-electron chi connectivity index (χ4n) is 1.60. The molecule has 8 heteroatoms. The van der Waals surface area contributed by atoms with Crippen LogP contribution in [0.1, 0.15) is 30.6 Å². The van der Waals surface area contributed by atoms with Gasteiger partial charge in [-0.25, -0.2) is 13.1 Å². The molecule has 0 spiro atoms. The van der Waals surface area contributed by atoms with Gasteiger partial charge in [0.25, 0.3) is 0 Å². The largest absolute Gasteiger partial charge is 0.389 e. The summed E-state index contributed by atoms with van der Waals surface area (Å²) in [5.41, 5.74) is 5.47. The average Bonchev–Trinajstić information content (AvgIpc) is 2.88. The van der Waals surface area contributed by atoms with Crippen molar-refractivity contribution in [2.45, 2.75) is 29.9 Å². The third-order valence-electron chi connectivity index (χ3n) is 2.66. The molecule has 0 aliphatic heterocycles. The van der Waals surface area contributed by atoms with Gasteiger partial charge in [-0.2, -0.15) is 11.8 Å². The van der Waals surface area contributed by atoms with Gasteiger partial charge in [-0.15, -0.1) is 11.3 Å². The van der Waals surface area contributed by atoms with E-state index in [1.807, 2.05) is 11.8 Å². The zero-order valence-electron chi connectivity index (χ0n) is 11.4. The Hall–Kier alpha value is -0.150. The molecule has 0 saturated heterocycles. The molecular formula is C12H20N2O2S4. The maximum Gasteiger partial charge on any atom is 0.250 e. The quantitative estimate of drug-likeness (QED) is 0.500. The lowest BCUT2D eigenvalue weighted by Gasteiger charge is -2.04. The number of rotatable bonds is 10. The molecule has 1 aromatic heterocycles. The maximum absolute atomic E-state index is 12.0. The third-order valence-corrected chi connectivity index (χ3v) is 6.77. The van der Waals surface area contributed by atoms with Crippen molar-refractivity contribution in [1.29, 1.82) is 0 Å². The second kappa shape index (κ2) is 8.99. The number of nitrogens with two attached hydrogens (primary N) is 1. The predicted octanol–water partition coefficient (Wildman–Crippen LogP) is 2.58. The normalized spacial score (nSPS) is 11.7. The summed E-state index contributed by atoms with van der Waals surface area (Å²) < 4.78 is 26.9. The highest BCUT2D eigenvalue weighted by Crippen LogP contribution is 2.21. The van der Waals surface area contributed by atoms with Crippen LogP contribution in [0.15, 0.2) is 16.3 Å². The van der Waals surface area contributed by atoms with Crippen molar-refractivity contribution >= 4 is 50.3 Å². The van der Waals surface area contributed by atoms with Crippen molar-refractivity contribution in [3.63, 3.8) is 0 Å². The number of sulfonamides is 1. The summed E-state index contributed by atoms with van der Waals surface area (Å²) in [5.74, 6) is 1.17. The van der Waals surface area contributed by atoms with Crippen molar-refractivity contribution in [3.05, 3.63) is 17.0 Å². The molecule has 0 radical (unpaired) electrons. The lowest BCUT2D eigenvalue weighted by atomic mass is 10.2. The van der Waals surface area contributed by atoms with Crippen LogP contribution in [0, 0.1) is 0 Å². The van der Waals surface area contributed by atoms with Gasteiger partial charge >= 0.3 is 0 Å². The molecule has 3 N–H and O–H groups in total. The van der Waals surface area contributed by atoms with Gasteiger partial charge in [0.1, 0.15) is 9.20 Å². The smallest absolute Gasteiger partial charge is 0.250 e. The van der Waals surface area contributed by atoms with Crippen LogP contribution in [0.2, 0.25) is 0 Å². The van der Waals surface area contributed by atoms with E-state index in [4.69, 9.17) is 18.0 Å². The Kier molecular flexibility index (Phi) is 8.04. The van der Waals surface area contributed by atoms with Crippen LogP contribution in [-0.4, -0.2) is 32.0 Å². The Morgan fingerprint density at radius 3 is 2.65 bits per heavy atom. The zero-order valence-corrected chi connectivity index (χ0v) is 14.7. The Labute approximate surface area is 134 Å². The standard InChI is InChI=1S/C12H20N2O2S4/c1-18-9-5-3-2-4-8-14-20(15,16)11-7-6-10(19-11)12(13)17/h6-7,14H,2-5,8-9H2,1H3,(H2,13,17). The zero-order chi connectivity index (χ0) is 15.0. The first-order valence-corrected chi connectivity index (χ1v) is 10.5. The van der Waals surface area contributed by atoms with E-state index in [2.05, 4.69) is 11.0 Å². The first kappa shape index (κ1) is 17.9. The summed E-state index contributed by atoms with van der Waals surface area (Å²) >= 11 is 7.77. The summed E-state index contributed by atoms with van der Waals surface area (Å²) in [6.45, 7) is 0.474. The second-order valence-corrected chi connectivity index (χ2v) is 8.79. The average molecular weight is 353 g/mol. The van der Waals surface area contributed by atoms with Crippen LogP contribution in [-0.2, 0) is 10.0 Å². The molecule has 0 amide bonds. The number of hydrogen-bond donors (Lipinski definition) is 2. The van der Waals surface area contributed by atoms with Crippen molar-refractivity contribution in [2.24, 2.45) is 5.73 Å². The lowest BCUT2D eigenvalue weighted by Crippen LogP contribution is -2.24. The molecule has 1 rings (SSSR count). The highest BCUT2D eigenvalue weighted by molar-refractivity contribution is 7.98. The van der Waals surface area contributed by atoms with Gasteiger partial charge in [0.05, 0.1) is 4.88 Å². The van der Waals surface area contributed by atoms with Crippen LogP contribution in [0.5, 0.6) is 0 Å². The number of hydrogen-bond acceptors (Lipinski definition) is 5. The molecule has 0 fully saturated rings. The number of unbranched alkanes of at least 4 members (excludes halogenated alkanes) is 3.